The smallest absolute Gasteiger partial charge is 0.242 e. The Morgan fingerprint density at radius 3 is 2.90 bits per heavy atom. The summed E-state index contributed by atoms with van der Waals surface area (Å²) < 4.78 is 14.3. The van der Waals surface area contributed by atoms with Crippen LogP contribution in [0.2, 0.25) is 5.02 Å². The number of hydrogen-bond acceptors (Lipinski definition) is 5. The van der Waals surface area contributed by atoms with E-state index in [1.54, 1.807) is 19.2 Å². The van der Waals surface area contributed by atoms with E-state index in [9.17, 15) is 9.18 Å². The van der Waals surface area contributed by atoms with Crippen LogP contribution in [0.5, 0.6) is 0 Å². The van der Waals surface area contributed by atoms with Crippen molar-refractivity contribution < 1.29 is 13.5 Å². The van der Waals surface area contributed by atoms with E-state index in [4.69, 9.17) is 11.6 Å². The summed E-state index contributed by atoms with van der Waals surface area (Å²) in [5.41, 5.74) is 1.28. The average molecular weight is 423 g/mol. The van der Waals surface area contributed by atoms with Crippen LogP contribution in [-0.2, 0) is 4.79 Å². The minimum Gasteiger partial charge on any atom is -0.356 e. The third-order valence-corrected chi connectivity index (χ3v) is 5.39. The number of pyridine rings is 1. The molecule has 1 aliphatic rings. The van der Waals surface area contributed by atoms with E-state index in [1.165, 1.54) is 12.6 Å². The van der Waals surface area contributed by atoms with E-state index < -0.39 is 11.9 Å². The van der Waals surface area contributed by atoms with E-state index in [1.807, 2.05) is 0 Å². The van der Waals surface area contributed by atoms with Gasteiger partial charge in [-0.1, -0.05) is 30.9 Å². The fourth-order valence-electron chi connectivity index (χ4n) is 3.60. The van der Waals surface area contributed by atoms with Gasteiger partial charge in [0, 0.05) is 33.7 Å². The van der Waals surface area contributed by atoms with Crippen LogP contribution in [0, 0.1) is 5.82 Å². The minimum atomic E-state index is -0.631. The second-order valence-corrected chi connectivity index (χ2v) is 7.79. The highest BCUT2D eigenvalue weighted by molar-refractivity contribution is 6.31. The number of carbonyl (C=O) groups excluding carboxylic acids is 1. The van der Waals surface area contributed by atoms with Gasteiger partial charge in [0.1, 0.15) is 11.7 Å². The number of rotatable bonds is 5. The van der Waals surface area contributed by atoms with E-state index >= 15 is 0 Å². The highest BCUT2D eigenvalue weighted by Crippen LogP contribution is 2.28. The van der Waals surface area contributed by atoms with Gasteiger partial charge in [0.2, 0.25) is 5.91 Å². The molecule has 1 amide bonds. The van der Waals surface area contributed by atoms with Gasteiger partial charge < -0.3 is 15.6 Å². The molecule has 4 rings (SSSR count). The van der Waals surface area contributed by atoms with Crippen molar-refractivity contribution in [2.75, 3.05) is 5.32 Å². The fraction of sp³-hybridized carbons (Fsp3) is 0.400. The summed E-state index contributed by atoms with van der Waals surface area (Å²) in [6.45, 7) is 1.69. The lowest BCUT2D eigenvalue weighted by molar-refractivity contribution is -0.122. The molecular weight excluding hydrogens is 395 g/mol. The molecular formula is C20H28ClFN6O. The normalized spacial score (nSPS) is 16.0. The number of H-pyrrole nitrogens is 1. The van der Waals surface area contributed by atoms with Crippen LogP contribution >= 0.6 is 11.6 Å². The molecule has 0 spiro atoms. The predicted octanol–water partition coefficient (Wildman–Crippen LogP) is 4.80. The van der Waals surface area contributed by atoms with Gasteiger partial charge in [0.05, 0.1) is 11.2 Å². The molecule has 1 fully saturated rings. The molecule has 1 saturated carbocycles. The third kappa shape index (κ3) is 4.32. The van der Waals surface area contributed by atoms with Crippen molar-refractivity contribution in [1.82, 2.24) is 25.3 Å². The summed E-state index contributed by atoms with van der Waals surface area (Å²) in [5.74, 6) is -0.503. The topological polar surface area (TPSA) is 95.6 Å². The summed E-state index contributed by atoms with van der Waals surface area (Å²) in [7, 11) is 0. The standard InChI is InChI=1S/C20H22ClFN6O.3H2/c1-11(20(29)27-13-5-3-2-4-6-13)26-19-16(22)10-25-18(28-19)15-9-24-17-14(15)7-12(21)8-23-17;;;/h7-11,13H,2-6H2,1H3,(H,23,24)(H,27,29)(H,25,26,28);3*1H/t11-;;;/m0.../s1. The van der Waals surface area contributed by atoms with Crippen LogP contribution in [0.3, 0.4) is 0 Å². The molecule has 158 valence electrons. The zero-order valence-corrected chi connectivity index (χ0v) is 16.8. The van der Waals surface area contributed by atoms with Crippen molar-refractivity contribution in [2.45, 2.75) is 51.1 Å². The maximum Gasteiger partial charge on any atom is 0.242 e. The summed E-state index contributed by atoms with van der Waals surface area (Å²) in [5, 5.41) is 7.12. The molecule has 1 atom stereocenters. The zero-order valence-electron chi connectivity index (χ0n) is 16.0. The molecule has 0 aliphatic heterocycles. The molecule has 0 unspecified atom stereocenters. The monoisotopic (exact) mass is 422 g/mol. The molecule has 29 heavy (non-hydrogen) atoms. The first-order chi connectivity index (χ1) is 14.0. The molecule has 3 N–H and O–H groups in total. The Balaban J connectivity index is 0.00000171. The number of carbonyl (C=O) groups is 1. The summed E-state index contributed by atoms with van der Waals surface area (Å²) in [6.07, 6.45) is 9.76. The van der Waals surface area contributed by atoms with Crippen LogP contribution in [0.1, 0.15) is 43.3 Å². The minimum absolute atomic E-state index is 0. The fourth-order valence-corrected chi connectivity index (χ4v) is 3.76. The molecule has 0 aromatic carbocycles. The molecule has 3 heterocycles. The SMILES string of the molecule is C[C@H](Nc1nc(-c2c[nH]c3ncc(Cl)cc23)ncc1F)C(=O)NC1CCCCC1.[HH].[HH].[HH]. The second-order valence-electron chi connectivity index (χ2n) is 7.35. The Morgan fingerprint density at radius 1 is 1.31 bits per heavy atom. The van der Waals surface area contributed by atoms with Gasteiger partial charge in [0.25, 0.3) is 0 Å². The number of aromatic nitrogens is 4. The Hall–Kier alpha value is -2.74. The van der Waals surface area contributed by atoms with E-state index in [-0.39, 0.29) is 22.0 Å². The van der Waals surface area contributed by atoms with Crippen molar-refractivity contribution >= 4 is 34.4 Å². The number of halogens is 2. The highest BCUT2D eigenvalue weighted by Gasteiger charge is 2.21. The number of aromatic amines is 1. The van der Waals surface area contributed by atoms with Gasteiger partial charge in [-0.25, -0.2) is 19.3 Å². The number of anilines is 1. The van der Waals surface area contributed by atoms with E-state index in [0.717, 1.165) is 37.3 Å². The first-order valence-corrected chi connectivity index (χ1v) is 10.1. The number of fused-ring (bicyclic) bond motifs is 1. The molecule has 3 aromatic heterocycles. The number of amides is 1. The summed E-state index contributed by atoms with van der Waals surface area (Å²) >= 11 is 6.04. The molecule has 0 bridgehead atoms. The van der Waals surface area contributed by atoms with E-state index in [0.29, 0.717) is 22.1 Å². The zero-order chi connectivity index (χ0) is 20.4. The Kier molecular flexibility index (Phi) is 5.62. The van der Waals surface area contributed by atoms with Crippen LogP contribution in [-0.4, -0.2) is 37.9 Å². The van der Waals surface area contributed by atoms with Gasteiger partial charge >= 0.3 is 0 Å². The average Bonchev–Trinajstić information content (AvgIpc) is 3.13. The van der Waals surface area contributed by atoms with Crippen molar-refractivity contribution in [1.29, 1.82) is 0 Å². The lowest BCUT2D eigenvalue weighted by Gasteiger charge is -2.25. The second kappa shape index (κ2) is 8.32. The summed E-state index contributed by atoms with van der Waals surface area (Å²) in [4.78, 5) is 28.1. The lowest BCUT2D eigenvalue weighted by atomic mass is 9.95. The van der Waals surface area contributed by atoms with E-state index in [2.05, 4.69) is 30.6 Å². The van der Waals surface area contributed by atoms with Crippen LogP contribution in [0.15, 0.2) is 24.7 Å². The third-order valence-electron chi connectivity index (χ3n) is 5.18. The van der Waals surface area contributed by atoms with Crippen molar-refractivity contribution in [3.63, 3.8) is 0 Å². The molecule has 9 heteroatoms. The summed E-state index contributed by atoms with van der Waals surface area (Å²) in [6, 6.07) is 1.30. The predicted molar refractivity (Wildman–Crippen MR) is 117 cm³/mol. The first-order valence-electron chi connectivity index (χ1n) is 9.73. The number of nitrogens with one attached hydrogen (secondary N) is 3. The molecule has 0 radical (unpaired) electrons. The van der Waals surface area contributed by atoms with Gasteiger partial charge in [-0.05, 0) is 25.8 Å². The maximum atomic E-state index is 14.3. The van der Waals surface area contributed by atoms with Crippen LogP contribution < -0.4 is 10.6 Å². The van der Waals surface area contributed by atoms with Crippen molar-refractivity contribution in [3.05, 3.63) is 35.5 Å². The van der Waals surface area contributed by atoms with Crippen molar-refractivity contribution in [2.24, 2.45) is 0 Å². The first kappa shape index (κ1) is 19.6. The van der Waals surface area contributed by atoms with Gasteiger partial charge in [-0.15, -0.1) is 0 Å². The van der Waals surface area contributed by atoms with Crippen molar-refractivity contribution in [3.8, 4) is 11.4 Å². The molecule has 1 aliphatic carbocycles. The number of nitrogens with zero attached hydrogens (tertiary/aromatic N) is 3. The largest absolute Gasteiger partial charge is 0.356 e. The quantitative estimate of drug-likeness (QED) is 0.548. The highest BCUT2D eigenvalue weighted by atomic mass is 35.5. The van der Waals surface area contributed by atoms with Crippen LogP contribution in [0.25, 0.3) is 22.4 Å². The molecule has 3 aromatic rings. The van der Waals surface area contributed by atoms with Crippen LogP contribution in [0.4, 0.5) is 10.2 Å². The van der Waals surface area contributed by atoms with Gasteiger partial charge in [-0.3, -0.25) is 4.79 Å². The Labute approximate surface area is 177 Å². The van der Waals surface area contributed by atoms with Gasteiger partial charge in [0.15, 0.2) is 17.5 Å². The van der Waals surface area contributed by atoms with Gasteiger partial charge in [-0.2, -0.15) is 0 Å². The number of hydrogen-bond donors (Lipinski definition) is 3. The molecule has 0 saturated heterocycles. The maximum absolute atomic E-state index is 14.3. The molecule has 7 nitrogen and oxygen atoms in total. The Morgan fingerprint density at radius 2 is 2.10 bits per heavy atom. The Bertz CT molecular complexity index is 1050. The lowest BCUT2D eigenvalue weighted by Crippen LogP contribution is -2.44.